The van der Waals surface area contributed by atoms with Crippen molar-refractivity contribution in [3.8, 4) is 11.5 Å². The molecule has 30 heavy (non-hydrogen) atoms. The van der Waals surface area contributed by atoms with Crippen LogP contribution < -0.4 is 15.5 Å². The van der Waals surface area contributed by atoms with E-state index in [2.05, 4.69) is 69.7 Å². The van der Waals surface area contributed by atoms with Crippen LogP contribution in [0.3, 0.4) is 0 Å². The van der Waals surface area contributed by atoms with Crippen LogP contribution in [0.4, 0.5) is 5.69 Å². The highest BCUT2D eigenvalue weighted by Crippen LogP contribution is 2.19. The maximum absolute atomic E-state index is 5.62. The van der Waals surface area contributed by atoms with Crippen molar-refractivity contribution in [2.75, 3.05) is 26.0 Å². The molecule has 3 rings (SSSR count). The topological polar surface area (TPSA) is 65.7 Å². The summed E-state index contributed by atoms with van der Waals surface area (Å²) in [6, 6.07) is 14.6. The Bertz CT molecular complexity index is 980. The van der Waals surface area contributed by atoms with Crippen LogP contribution in [0.25, 0.3) is 11.5 Å². The fourth-order valence-corrected chi connectivity index (χ4v) is 2.95. The fraction of sp³-hybridized carbons (Fsp3) is 0.304. The number of aromatic nitrogens is 1. The number of guanidine groups is 1. The van der Waals surface area contributed by atoms with E-state index in [-0.39, 0.29) is 24.0 Å². The van der Waals surface area contributed by atoms with Gasteiger partial charge in [-0.2, -0.15) is 0 Å². The summed E-state index contributed by atoms with van der Waals surface area (Å²) < 4.78 is 5.62. The van der Waals surface area contributed by atoms with Crippen molar-refractivity contribution in [1.29, 1.82) is 0 Å². The summed E-state index contributed by atoms with van der Waals surface area (Å²) in [5.41, 5.74) is 6.70. The third kappa shape index (κ3) is 6.22. The predicted molar refractivity (Wildman–Crippen MR) is 135 cm³/mol. The lowest BCUT2D eigenvalue weighted by Crippen LogP contribution is -2.36. The van der Waals surface area contributed by atoms with Crippen molar-refractivity contribution in [3.05, 3.63) is 71.1 Å². The Balaban J connectivity index is 0.00000320. The average Bonchev–Trinajstić information content (AvgIpc) is 3.18. The van der Waals surface area contributed by atoms with E-state index in [0.717, 1.165) is 17.2 Å². The number of anilines is 1. The quantitative estimate of drug-likeness (QED) is 0.285. The van der Waals surface area contributed by atoms with Crippen LogP contribution in [0.2, 0.25) is 0 Å². The Morgan fingerprint density at radius 3 is 2.37 bits per heavy atom. The van der Waals surface area contributed by atoms with Crippen molar-refractivity contribution in [2.45, 2.75) is 26.9 Å². The molecule has 0 amide bonds. The number of nitrogens with zero attached hydrogens (tertiary/aromatic N) is 3. The predicted octanol–water partition coefficient (Wildman–Crippen LogP) is 4.51. The minimum absolute atomic E-state index is 0. The molecule has 3 aromatic rings. The molecule has 0 saturated carbocycles. The van der Waals surface area contributed by atoms with E-state index in [0.29, 0.717) is 19.0 Å². The second-order valence-electron chi connectivity index (χ2n) is 7.29. The Kier molecular flexibility index (Phi) is 8.71. The molecule has 6 nitrogen and oxygen atoms in total. The zero-order valence-corrected chi connectivity index (χ0v) is 20.5. The van der Waals surface area contributed by atoms with Crippen LogP contribution in [0, 0.1) is 13.8 Å². The zero-order valence-electron chi connectivity index (χ0n) is 18.2. The molecule has 2 aromatic carbocycles. The van der Waals surface area contributed by atoms with Crippen molar-refractivity contribution >= 4 is 35.6 Å². The van der Waals surface area contributed by atoms with Crippen LogP contribution in [0.5, 0.6) is 0 Å². The second kappa shape index (κ2) is 11.0. The number of hydrogen-bond donors (Lipinski definition) is 2. The highest BCUT2D eigenvalue weighted by Gasteiger charge is 2.08. The van der Waals surface area contributed by atoms with Gasteiger partial charge in [-0.1, -0.05) is 23.8 Å². The SMILES string of the molecule is CN=C(NCc1coc(-c2ccc(C)cc2)n1)NCc1ccc(N(C)C)cc1C.I. The number of aliphatic imine (C=N–C) groups is 1. The number of aryl methyl sites for hydroxylation is 2. The summed E-state index contributed by atoms with van der Waals surface area (Å²) in [6.07, 6.45) is 1.68. The van der Waals surface area contributed by atoms with Gasteiger partial charge in [0.15, 0.2) is 5.96 Å². The van der Waals surface area contributed by atoms with Crippen molar-refractivity contribution < 1.29 is 4.42 Å². The molecule has 2 N–H and O–H groups in total. The summed E-state index contributed by atoms with van der Waals surface area (Å²) in [4.78, 5) is 11.0. The van der Waals surface area contributed by atoms with Crippen molar-refractivity contribution in [2.24, 2.45) is 4.99 Å². The van der Waals surface area contributed by atoms with Gasteiger partial charge >= 0.3 is 0 Å². The number of nitrogens with one attached hydrogen (secondary N) is 2. The molecule has 0 unspecified atom stereocenters. The molecular formula is C23H30IN5O. The smallest absolute Gasteiger partial charge is 0.226 e. The zero-order chi connectivity index (χ0) is 20.8. The molecule has 1 aromatic heterocycles. The third-order valence-corrected chi connectivity index (χ3v) is 4.80. The third-order valence-electron chi connectivity index (χ3n) is 4.80. The van der Waals surface area contributed by atoms with Gasteiger partial charge in [0.1, 0.15) is 6.26 Å². The maximum Gasteiger partial charge on any atom is 0.226 e. The first kappa shape index (κ1) is 23.7. The average molecular weight is 519 g/mol. The standard InChI is InChI=1S/C23H29N5O.HI/c1-16-6-8-18(9-7-16)22-27-20(15-29-22)14-26-23(24-3)25-13-19-10-11-21(28(4)5)12-17(19)2;/h6-12,15H,13-14H2,1-5H3,(H2,24,25,26);1H. The lowest BCUT2D eigenvalue weighted by Gasteiger charge is -2.16. The van der Waals surface area contributed by atoms with Crippen LogP contribution in [0.15, 0.2) is 58.1 Å². The summed E-state index contributed by atoms with van der Waals surface area (Å²) in [7, 11) is 5.86. The summed E-state index contributed by atoms with van der Waals surface area (Å²) in [5.74, 6) is 1.35. The van der Waals surface area contributed by atoms with Crippen molar-refractivity contribution in [1.82, 2.24) is 15.6 Å². The monoisotopic (exact) mass is 519 g/mol. The van der Waals surface area contributed by atoms with Crippen LogP contribution in [0.1, 0.15) is 22.4 Å². The van der Waals surface area contributed by atoms with E-state index >= 15 is 0 Å². The van der Waals surface area contributed by atoms with E-state index < -0.39 is 0 Å². The lowest BCUT2D eigenvalue weighted by atomic mass is 10.1. The van der Waals surface area contributed by atoms with E-state index in [1.54, 1.807) is 13.3 Å². The maximum atomic E-state index is 5.62. The van der Waals surface area contributed by atoms with Crippen LogP contribution >= 0.6 is 24.0 Å². The normalized spacial score (nSPS) is 11.0. The number of halogens is 1. The van der Waals surface area contributed by atoms with Gasteiger partial charge in [0.05, 0.1) is 12.2 Å². The molecule has 7 heteroatoms. The van der Waals surface area contributed by atoms with Gasteiger partial charge in [0.2, 0.25) is 5.89 Å². The number of benzene rings is 2. The largest absolute Gasteiger partial charge is 0.444 e. The van der Waals surface area contributed by atoms with Gasteiger partial charge < -0.3 is 20.0 Å². The first-order chi connectivity index (χ1) is 14.0. The summed E-state index contributed by atoms with van der Waals surface area (Å²) >= 11 is 0. The van der Waals surface area contributed by atoms with Gasteiger partial charge in [0, 0.05) is 38.9 Å². The molecule has 0 aliphatic heterocycles. The Morgan fingerprint density at radius 1 is 1.03 bits per heavy atom. The van der Waals surface area contributed by atoms with Crippen LogP contribution in [-0.2, 0) is 13.1 Å². The van der Waals surface area contributed by atoms with E-state index in [9.17, 15) is 0 Å². The first-order valence-corrected chi connectivity index (χ1v) is 9.69. The molecule has 0 atom stereocenters. The summed E-state index contributed by atoms with van der Waals surface area (Å²) in [5, 5.41) is 6.64. The van der Waals surface area contributed by atoms with E-state index in [1.807, 2.05) is 26.2 Å². The van der Waals surface area contributed by atoms with Crippen LogP contribution in [-0.4, -0.2) is 32.1 Å². The second-order valence-corrected chi connectivity index (χ2v) is 7.29. The molecule has 0 spiro atoms. The highest BCUT2D eigenvalue weighted by atomic mass is 127. The van der Waals surface area contributed by atoms with Crippen molar-refractivity contribution in [3.63, 3.8) is 0 Å². The lowest BCUT2D eigenvalue weighted by molar-refractivity contribution is 0.572. The Labute approximate surface area is 195 Å². The molecular weight excluding hydrogens is 489 g/mol. The molecule has 0 bridgehead atoms. The molecule has 0 saturated heterocycles. The number of rotatable bonds is 6. The number of hydrogen-bond acceptors (Lipinski definition) is 4. The van der Waals surface area contributed by atoms with Gasteiger partial charge in [-0.05, 0) is 49.2 Å². The number of oxazole rings is 1. The first-order valence-electron chi connectivity index (χ1n) is 9.69. The molecule has 0 fully saturated rings. The molecule has 0 aliphatic rings. The molecule has 1 heterocycles. The highest BCUT2D eigenvalue weighted by molar-refractivity contribution is 14.0. The summed E-state index contributed by atoms with van der Waals surface area (Å²) in [6.45, 7) is 5.42. The molecule has 0 aliphatic carbocycles. The van der Waals surface area contributed by atoms with Gasteiger partial charge in [-0.3, -0.25) is 4.99 Å². The Hall–Kier alpha value is -2.55. The van der Waals surface area contributed by atoms with E-state index in [4.69, 9.17) is 4.42 Å². The van der Waals surface area contributed by atoms with Gasteiger partial charge in [0.25, 0.3) is 0 Å². The van der Waals surface area contributed by atoms with Gasteiger partial charge in [-0.15, -0.1) is 24.0 Å². The Morgan fingerprint density at radius 2 is 1.73 bits per heavy atom. The molecule has 160 valence electrons. The molecule has 0 radical (unpaired) electrons. The van der Waals surface area contributed by atoms with Gasteiger partial charge in [-0.25, -0.2) is 4.98 Å². The minimum atomic E-state index is 0. The van der Waals surface area contributed by atoms with E-state index in [1.165, 1.54) is 22.4 Å². The fourth-order valence-electron chi connectivity index (χ4n) is 2.95. The minimum Gasteiger partial charge on any atom is -0.444 e.